The molecule has 1 heterocycles. The number of aryl methyl sites for hydroxylation is 1. The fourth-order valence-corrected chi connectivity index (χ4v) is 1.74. The first-order valence-electron chi connectivity index (χ1n) is 5.48. The summed E-state index contributed by atoms with van der Waals surface area (Å²) >= 11 is 5.85. The van der Waals surface area contributed by atoms with Gasteiger partial charge < -0.3 is 10.2 Å². The zero-order valence-corrected chi connectivity index (χ0v) is 10.9. The SMILES string of the molecule is Cc1cc(NN)nc(COc2c(F)cccc2Cl)n1. The monoisotopic (exact) mass is 282 g/mol. The number of hydrogen-bond donors (Lipinski definition) is 2. The van der Waals surface area contributed by atoms with E-state index in [-0.39, 0.29) is 17.4 Å². The highest BCUT2D eigenvalue weighted by atomic mass is 35.5. The lowest BCUT2D eigenvalue weighted by Crippen LogP contribution is -2.12. The smallest absolute Gasteiger partial charge is 0.174 e. The lowest BCUT2D eigenvalue weighted by Gasteiger charge is -2.09. The number of nitrogens with two attached hydrogens (primary N) is 1. The van der Waals surface area contributed by atoms with Gasteiger partial charge in [-0.25, -0.2) is 20.2 Å². The third-order valence-corrected chi connectivity index (χ3v) is 2.61. The molecule has 2 aromatic rings. The Labute approximate surface area is 114 Å². The molecule has 3 N–H and O–H groups in total. The standard InChI is InChI=1S/C12H12ClFN4O/c1-7-5-10(18-15)17-11(16-7)6-19-12-8(13)3-2-4-9(12)14/h2-5H,6,15H2,1H3,(H,16,17,18). The normalized spacial score (nSPS) is 10.3. The van der Waals surface area contributed by atoms with Crippen LogP contribution in [0.5, 0.6) is 5.75 Å². The van der Waals surface area contributed by atoms with E-state index in [1.807, 2.05) is 0 Å². The largest absolute Gasteiger partial charge is 0.481 e. The first-order chi connectivity index (χ1) is 9.10. The number of rotatable bonds is 4. The zero-order valence-electron chi connectivity index (χ0n) is 10.2. The van der Waals surface area contributed by atoms with Crippen molar-refractivity contribution in [2.75, 3.05) is 5.43 Å². The van der Waals surface area contributed by atoms with E-state index in [4.69, 9.17) is 22.2 Å². The molecule has 2 rings (SSSR count). The topological polar surface area (TPSA) is 73.1 Å². The number of halogens is 2. The molecule has 1 aromatic carbocycles. The van der Waals surface area contributed by atoms with Gasteiger partial charge in [0.25, 0.3) is 0 Å². The highest BCUT2D eigenvalue weighted by Gasteiger charge is 2.09. The highest BCUT2D eigenvalue weighted by Crippen LogP contribution is 2.27. The Morgan fingerprint density at radius 1 is 1.42 bits per heavy atom. The van der Waals surface area contributed by atoms with Gasteiger partial charge in [-0.05, 0) is 19.1 Å². The summed E-state index contributed by atoms with van der Waals surface area (Å²) in [5.74, 6) is 5.58. The van der Waals surface area contributed by atoms with Crippen LogP contribution in [0.15, 0.2) is 24.3 Å². The molecule has 0 aliphatic carbocycles. The average molecular weight is 283 g/mol. The van der Waals surface area contributed by atoms with Crippen LogP contribution in [-0.2, 0) is 6.61 Å². The van der Waals surface area contributed by atoms with Crippen LogP contribution in [0.1, 0.15) is 11.5 Å². The van der Waals surface area contributed by atoms with E-state index in [2.05, 4.69) is 15.4 Å². The van der Waals surface area contributed by atoms with Crippen LogP contribution in [0.3, 0.4) is 0 Å². The second-order valence-electron chi connectivity index (χ2n) is 3.79. The van der Waals surface area contributed by atoms with Crippen molar-refractivity contribution >= 4 is 17.4 Å². The maximum Gasteiger partial charge on any atom is 0.174 e. The number of anilines is 1. The Bertz CT molecular complexity index is 574. The van der Waals surface area contributed by atoms with Crippen molar-refractivity contribution in [3.05, 3.63) is 46.6 Å². The van der Waals surface area contributed by atoms with Gasteiger partial charge in [0.1, 0.15) is 12.4 Å². The summed E-state index contributed by atoms with van der Waals surface area (Å²) in [6.45, 7) is 1.79. The molecule has 1 aromatic heterocycles. The molecule has 0 bridgehead atoms. The summed E-state index contributed by atoms with van der Waals surface area (Å²) in [5.41, 5.74) is 3.15. The van der Waals surface area contributed by atoms with Gasteiger partial charge in [-0.15, -0.1) is 0 Å². The predicted molar refractivity (Wildman–Crippen MR) is 70.3 cm³/mol. The molecule has 0 atom stereocenters. The minimum atomic E-state index is -0.530. The van der Waals surface area contributed by atoms with Gasteiger partial charge in [-0.2, -0.15) is 0 Å². The number of benzene rings is 1. The van der Waals surface area contributed by atoms with Gasteiger partial charge in [0.2, 0.25) is 0 Å². The lowest BCUT2D eigenvalue weighted by molar-refractivity contribution is 0.281. The van der Waals surface area contributed by atoms with E-state index >= 15 is 0 Å². The number of para-hydroxylation sites is 1. The average Bonchev–Trinajstić information content (AvgIpc) is 2.37. The second-order valence-corrected chi connectivity index (χ2v) is 4.20. The molecule has 0 spiro atoms. The molecule has 0 aliphatic rings. The number of nitrogens with one attached hydrogen (secondary N) is 1. The zero-order chi connectivity index (χ0) is 13.8. The molecule has 0 unspecified atom stereocenters. The van der Waals surface area contributed by atoms with Gasteiger partial charge in [0.15, 0.2) is 17.4 Å². The number of ether oxygens (including phenoxy) is 1. The van der Waals surface area contributed by atoms with E-state index in [0.29, 0.717) is 11.6 Å². The molecule has 5 nitrogen and oxygen atoms in total. The molecule has 0 radical (unpaired) electrons. The van der Waals surface area contributed by atoms with Crippen molar-refractivity contribution in [1.29, 1.82) is 0 Å². The number of nitrogens with zero attached hydrogens (tertiary/aromatic N) is 2. The highest BCUT2D eigenvalue weighted by molar-refractivity contribution is 6.32. The molecule has 100 valence electrons. The van der Waals surface area contributed by atoms with Crippen LogP contribution in [0.25, 0.3) is 0 Å². The van der Waals surface area contributed by atoms with E-state index in [1.54, 1.807) is 19.1 Å². The Morgan fingerprint density at radius 2 is 2.21 bits per heavy atom. The molecule has 19 heavy (non-hydrogen) atoms. The summed E-state index contributed by atoms with van der Waals surface area (Å²) in [6.07, 6.45) is 0. The van der Waals surface area contributed by atoms with E-state index < -0.39 is 5.82 Å². The van der Waals surface area contributed by atoms with E-state index in [1.165, 1.54) is 12.1 Å². The molecule has 0 aliphatic heterocycles. The quantitative estimate of drug-likeness (QED) is 0.666. The molecule has 0 fully saturated rings. The number of aromatic nitrogens is 2. The van der Waals surface area contributed by atoms with Crippen LogP contribution in [0, 0.1) is 12.7 Å². The first-order valence-corrected chi connectivity index (χ1v) is 5.86. The summed E-state index contributed by atoms with van der Waals surface area (Å²) in [4.78, 5) is 8.25. The molecule has 0 saturated carbocycles. The van der Waals surface area contributed by atoms with Crippen molar-refractivity contribution < 1.29 is 9.13 Å². The lowest BCUT2D eigenvalue weighted by atomic mass is 10.3. The predicted octanol–water partition coefficient (Wildman–Crippen LogP) is 2.44. The first kappa shape index (κ1) is 13.5. The summed E-state index contributed by atoms with van der Waals surface area (Å²) in [5, 5.41) is 0.199. The third kappa shape index (κ3) is 3.30. The molecule has 0 amide bonds. The molecular weight excluding hydrogens is 271 g/mol. The third-order valence-electron chi connectivity index (χ3n) is 2.31. The van der Waals surface area contributed by atoms with E-state index in [9.17, 15) is 4.39 Å². The van der Waals surface area contributed by atoms with Crippen molar-refractivity contribution in [2.24, 2.45) is 5.84 Å². The Balaban J connectivity index is 2.16. The second kappa shape index (κ2) is 5.81. The van der Waals surface area contributed by atoms with Crippen LogP contribution in [0.4, 0.5) is 10.2 Å². The van der Waals surface area contributed by atoms with Crippen LogP contribution >= 0.6 is 11.6 Å². The van der Waals surface area contributed by atoms with Crippen molar-refractivity contribution in [2.45, 2.75) is 13.5 Å². The van der Waals surface area contributed by atoms with Crippen LogP contribution in [0.2, 0.25) is 5.02 Å². The summed E-state index contributed by atoms with van der Waals surface area (Å²) < 4.78 is 18.8. The Morgan fingerprint density at radius 3 is 2.89 bits per heavy atom. The van der Waals surface area contributed by atoms with Crippen LogP contribution in [-0.4, -0.2) is 9.97 Å². The van der Waals surface area contributed by atoms with Crippen molar-refractivity contribution in [1.82, 2.24) is 9.97 Å². The van der Waals surface area contributed by atoms with Crippen LogP contribution < -0.4 is 16.0 Å². The summed E-state index contributed by atoms with van der Waals surface area (Å²) in [6, 6.07) is 6.00. The van der Waals surface area contributed by atoms with Crippen molar-refractivity contribution in [3.8, 4) is 5.75 Å². The van der Waals surface area contributed by atoms with Gasteiger partial charge in [-0.3, -0.25) is 0 Å². The van der Waals surface area contributed by atoms with Gasteiger partial charge in [0.05, 0.1) is 5.02 Å². The fraction of sp³-hybridized carbons (Fsp3) is 0.167. The number of nitrogen functional groups attached to an aromatic ring is 1. The Hall–Kier alpha value is -1.92. The number of hydrogen-bond acceptors (Lipinski definition) is 5. The molecular formula is C12H12ClFN4O. The fourth-order valence-electron chi connectivity index (χ4n) is 1.53. The van der Waals surface area contributed by atoms with Gasteiger partial charge >= 0.3 is 0 Å². The Kier molecular flexibility index (Phi) is 4.13. The summed E-state index contributed by atoms with van der Waals surface area (Å²) in [7, 11) is 0. The maximum atomic E-state index is 13.5. The molecule has 0 saturated heterocycles. The van der Waals surface area contributed by atoms with Gasteiger partial charge in [0, 0.05) is 11.8 Å². The minimum absolute atomic E-state index is 0.00296. The van der Waals surface area contributed by atoms with Crippen molar-refractivity contribution in [3.63, 3.8) is 0 Å². The maximum absolute atomic E-state index is 13.5. The van der Waals surface area contributed by atoms with E-state index in [0.717, 1.165) is 5.69 Å². The minimum Gasteiger partial charge on any atom is -0.481 e. The molecule has 7 heteroatoms. The van der Waals surface area contributed by atoms with Gasteiger partial charge in [-0.1, -0.05) is 17.7 Å². The number of hydrazine groups is 1.